The number of primary amides is 1. The van der Waals surface area contributed by atoms with E-state index in [1.807, 2.05) is 18.2 Å². The molecule has 1 saturated heterocycles. The van der Waals surface area contributed by atoms with Crippen LogP contribution in [0, 0.1) is 0 Å². The number of pyridine rings is 1. The Balaban J connectivity index is 1.64. The zero-order valence-electron chi connectivity index (χ0n) is 13.6. The molecule has 1 aromatic heterocycles. The van der Waals surface area contributed by atoms with Gasteiger partial charge >= 0.3 is 0 Å². The maximum absolute atomic E-state index is 11.1. The van der Waals surface area contributed by atoms with Crippen LogP contribution in [0.15, 0.2) is 42.6 Å². The van der Waals surface area contributed by atoms with E-state index in [4.69, 9.17) is 15.2 Å². The van der Waals surface area contributed by atoms with E-state index in [1.165, 1.54) is 11.8 Å². The Morgan fingerprint density at radius 1 is 1.33 bits per heavy atom. The van der Waals surface area contributed by atoms with Gasteiger partial charge in [0.2, 0.25) is 5.91 Å². The lowest BCUT2D eigenvalue weighted by atomic mass is 10.1. The Kier molecular flexibility index (Phi) is 5.08. The van der Waals surface area contributed by atoms with Crippen LogP contribution in [0.2, 0.25) is 0 Å². The third-order valence-corrected chi connectivity index (χ3v) is 4.12. The zero-order valence-corrected chi connectivity index (χ0v) is 13.6. The maximum atomic E-state index is 11.1. The van der Waals surface area contributed by atoms with Gasteiger partial charge in [-0.05, 0) is 29.8 Å². The van der Waals surface area contributed by atoms with Crippen molar-refractivity contribution >= 4 is 5.91 Å². The second-order valence-electron chi connectivity index (χ2n) is 5.78. The Hall–Kier alpha value is -2.44. The van der Waals surface area contributed by atoms with Crippen molar-refractivity contribution in [2.24, 2.45) is 5.73 Å². The van der Waals surface area contributed by atoms with Crippen LogP contribution in [0.3, 0.4) is 0 Å². The first-order valence-corrected chi connectivity index (χ1v) is 7.88. The molecule has 3 rings (SSSR count). The Morgan fingerprint density at radius 3 is 2.75 bits per heavy atom. The van der Waals surface area contributed by atoms with E-state index in [9.17, 15) is 4.79 Å². The number of hydrogen-bond donors (Lipinski definition) is 1. The molecule has 0 bridgehead atoms. The number of nitrogens with two attached hydrogens (primary N) is 1. The van der Waals surface area contributed by atoms with Gasteiger partial charge in [-0.15, -0.1) is 0 Å². The number of ether oxygens (including phenoxy) is 2. The van der Waals surface area contributed by atoms with Crippen LogP contribution in [-0.4, -0.2) is 42.6 Å². The fraction of sp³-hybridized carbons (Fsp3) is 0.333. The number of rotatable bonds is 5. The van der Waals surface area contributed by atoms with Gasteiger partial charge in [-0.2, -0.15) is 0 Å². The van der Waals surface area contributed by atoms with Gasteiger partial charge < -0.3 is 15.2 Å². The van der Waals surface area contributed by atoms with Crippen LogP contribution in [0.1, 0.15) is 27.7 Å². The molecular weight excluding hydrogens is 306 g/mol. The summed E-state index contributed by atoms with van der Waals surface area (Å²) < 4.78 is 11.0. The highest BCUT2D eigenvalue weighted by atomic mass is 16.5. The summed E-state index contributed by atoms with van der Waals surface area (Å²) in [5.74, 6) is 0.386. The lowest BCUT2D eigenvalue weighted by molar-refractivity contribution is -0.0350. The first kappa shape index (κ1) is 16.4. The fourth-order valence-corrected chi connectivity index (χ4v) is 2.76. The normalized spacial score (nSPS) is 18.3. The summed E-state index contributed by atoms with van der Waals surface area (Å²) in [6.45, 7) is 3.14. The number of hydrogen-bond acceptors (Lipinski definition) is 5. The van der Waals surface area contributed by atoms with Gasteiger partial charge in [-0.25, -0.2) is 0 Å². The summed E-state index contributed by atoms with van der Waals surface area (Å²) in [6.07, 6.45) is 1.41. The number of amides is 1. The zero-order chi connectivity index (χ0) is 16.9. The highest BCUT2D eigenvalue weighted by Gasteiger charge is 2.23. The van der Waals surface area contributed by atoms with Gasteiger partial charge in [0.25, 0.3) is 0 Å². The quantitative estimate of drug-likeness (QED) is 0.905. The summed E-state index contributed by atoms with van der Waals surface area (Å²) in [4.78, 5) is 17.8. The molecule has 0 spiro atoms. The molecule has 1 amide bonds. The predicted octanol–water partition coefficient (Wildman–Crippen LogP) is 1.76. The standard InChI is InChI=1S/C18H21N3O3/c1-23-15-5-2-13(3-6-15)11-21-8-9-24-17(12-21)16-7-4-14(10-20-16)18(19)22/h2-7,10,17H,8-9,11-12H2,1H3,(H2,19,22)/t17-/m1/s1. The third kappa shape index (κ3) is 3.90. The number of nitrogens with zero attached hydrogens (tertiary/aromatic N) is 2. The molecule has 1 aliphatic rings. The summed E-state index contributed by atoms with van der Waals surface area (Å²) in [7, 11) is 1.66. The van der Waals surface area contributed by atoms with Crippen molar-refractivity contribution in [3.05, 3.63) is 59.4 Å². The van der Waals surface area contributed by atoms with Crippen LogP contribution < -0.4 is 10.5 Å². The van der Waals surface area contributed by atoms with Gasteiger partial charge in [0, 0.05) is 25.8 Å². The predicted molar refractivity (Wildman–Crippen MR) is 89.7 cm³/mol. The van der Waals surface area contributed by atoms with Crippen molar-refractivity contribution in [2.45, 2.75) is 12.6 Å². The van der Waals surface area contributed by atoms with Gasteiger partial charge in [-0.1, -0.05) is 12.1 Å². The number of carbonyl (C=O) groups excluding carboxylic acids is 1. The number of benzene rings is 1. The molecule has 126 valence electrons. The monoisotopic (exact) mass is 327 g/mol. The minimum atomic E-state index is -0.472. The molecule has 1 fully saturated rings. The third-order valence-electron chi connectivity index (χ3n) is 4.12. The Labute approximate surface area is 141 Å². The smallest absolute Gasteiger partial charge is 0.250 e. The van der Waals surface area contributed by atoms with Gasteiger partial charge in [0.1, 0.15) is 11.9 Å². The number of carbonyl (C=O) groups is 1. The summed E-state index contributed by atoms with van der Waals surface area (Å²) in [5.41, 5.74) is 7.70. The second-order valence-corrected chi connectivity index (χ2v) is 5.78. The SMILES string of the molecule is COc1ccc(CN2CCO[C@@H](c3ccc(C(N)=O)cn3)C2)cc1. The van der Waals surface area contributed by atoms with E-state index in [0.717, 1.165) is 31.1 Å². The minimum Gasteiger partial charge on any atom is -0.497 e. The van der Waals surface area contributed by atoms with Crippen LogP contribution in [0.5, 0.6) is 5.75 Å². The number of methoxy groups -OCH3 is 1. The lowest BCUT2D eigenvalue weighted by Crippen LogP contribution is -2.38. The molecule has 2 heterocycles. The molecular formula is C18H21N3O3. The van der Waals surface area contributed by atoms with Gasteiger partial charge in [0.15, 0.2) is 0 Å². The molecule has 6 heteroatoms. The van der Waals surface area contributed by atoms with Crippen LogP contribution in [0.4, 0.5) is 0 Å². The van der Waals surface area contributed by atoms with E-state index in [0.29, 0.717) is 12.2 Å². The minimum absolute atomic E-state index is 0.0982. The maximum Gasteiger partial charge on any atom is 0.250 e. The average molecular weight is 327 g/mol. The van der Waals surface area contributed by atoms with Crippen molar-refractivity contribution in [3.8, 4) is 5.75 Å². The highest BCUT2D eigenvalue weighted by molar-refractivity contribution is 5.92. The first-order chi connectivity index (χ1) is 11.7. The molecule has 1 atom stereocenters. The average Bonchev–Trinajstić information content (AvgIpc) is 2.63. The molecule has 1 aliphatic heterocycles. The Bertz CT molecular complexity index is 686. The Morgan fingerprint density at radius 2 is 2.12 bits per heavy atom. The molecule has 1 aromatic carbocycles. The van der Waals surface area contributed by atoms with Crippen molar-refractivity contribution < 1.29 is 14.3 Å². The molecule has 6 nitrogen and oxygen atoms in total. The highest BCUT2D eigenvalue weighted by Crippen LogP contribution is 2.22. The number of morpholine rings is 1. The summed E-state index contributed by atoms with van der Waals surface area (Å²) in [6, 6.07) is 11.6. The number of aromatic nitrogens is 1. The van der Waals surface area contributed by atoms with E-state index in [2.05, 4.69) is 22.0 Å². The first-order valence-electron chi connectivity index (χ1n) is 7.88. The fourth-order valence-electron chi connectivity index (χ4n) is 2.76. The van der Waals surface area contributed by atoms with E-state index in [1.54, 1.807) is 13.2 Å². The van der Waals surface area contributed by atoms with Crippen LogP contribution in [-0.2, 0) is 11.3 Å². The molecule has 0 saturated carbocycles. The van der Waals surface area contributed by atoms with Crippen molar-refractivity contribution in [1.82, 2.24) is 9.88 Å². The van der Waals surface area contributed by atoms with Crippen molar-refractivity contribution in [2.75, 3.05) is 26.8 Å². The molecule has 0 unspecified atom stereocenters. The largest absolute Gasteiger partial charge is 0.497 e. The van der Waals surface area contributed by atoms with Gasteiger partial charge in [0.05, 0.1) is 25.0 Å². The lowest BCUT2D eigenvalue weighted by Gasteiger charge is -2.32. The second kappa shape index (κ2) is 7.42. The van der Waals surface area contributed by atoms with Crippen molar-refractivity contribution in [3.63, 3.8) is 0 Å². The molecule has 0 radical (unpaired) electrons. The topological polar surface area (TPSA) is 77.7 Å². The van der Waals surface area contributed by atoms with E-state index in [-0.39, 0.29) is 6.10 Å². The summed E-state index contributed by atoms with van der Waals surface area (Å²) in [5, 5.41) is 0. The molecule has 2 aromatic rings. The van der Waals surface area contributed by atoms with E-state index < -0.39 is 5.91 Å². The van der Waals surface area contributed by atoms with Crippen LogP contribution >= 0.6 is 0 Å². The van der Waals surface area contributed by atoms with E-state index >= 15 is 0 Å². The molecule has 0 aliphatic carbocycles. The summed E-state index contributed by atoms with van der Waals surface area (Å²) >= 11 is 0. The van der Waals surface area contributed by atoms with Gasteiger partial charge in [-0.3, -0.25) is 14.7 Å². The molecule has 24 heavy (non-hydrogen) atoms. The van der Waals surface area contributed by atoms with Crippen LogP contribution in [0.25, 0.3) is 0 Å². The van der Waals surface area contributed by atoms with Crippen molar-refractivity contribution in [1.29, 1.82) is 0 Å². The molecule has 2 N–H and O–H groups in total.